The molecule has 0 aliphatic carbocycles. The monoisotopic (exact) mass is 303 g/mol. The zero-order chi connectivity index (χ0) is 15.4. The van der Waals surface area contributed by atoms with Gasteiger partial charge in [0.1, 0.15) is 5.75 Å². The first-order valence-corrected chi connectivity index (χ1v) is 7.14. The highest BCUT2D eigenvalue weighted by Crippen LogP contribution is 2.20. The van der Waals surface area contributed by atoms with Crippen LogP contribution < -0.4 is 10.1 Å². The van der Waals surface area contributed by atoms with Crippen LogP contribution in [0.4, 0.5) is 5.69 Å². The Kier molecular flexibility index (Phi) is 4.86. The lowest BCUT2D eigenvalue weighted by atomic mass is 10.2. The van der Waals surface area contributed by atoms with Crippen LogP contribution in [0, 0.1) is 13.8 Å². The highest BCUT2D eigenvalue weighted by Gasteiger charge is 2.15. The van der Waals surface area contributed by atoms with Gasteiger partial charge in [0.15, 0.2) is 6.10 Å². The molecule has 2 aromatic rings. The normalized spacial score (nSPS) is 11.8. The molecule has 110 valence electrons. The predicted molar refractivity (Wildman–Crippen MR) is 86.1 cm³/mol. The molecular weight excluding hydrogens is 286 g/mol. The minimum absolute atomic E-state index is 0.193. The maximum absolute atomic E-state index is 12.2. The number of carbonyl (C=O) groups is 1. The van der Waals surface area contributed by atoms with Crippen molar-refractivity contribution in [3.8, 4) is 5.75 Å². The summed E-state index contributed by atoms with van der Waals surface area (Å²) in [6, 6.07) is 13.0. The van der Waals surface area contributed by atoms with Gasteiger partial charge in [-0.15, -0.1) is 0 Å². The van der Waals surface area contributed by atoms with Gasteiger partial charge in [-0.1, -0.05) is 23.7 Å². The number of ether oxygens (including phenoxy) is 1. The molecule has 3 nitrogen and oxygen atoms in total. The van der Waals surface area contributed by atoms with E-state index in [2.05, 4.69) is 5.32 Å². The molecule has 1 atom stereocenters. The fourth-order valence-corrected chi connectivity index (χ4v) is 2.17. The molecule has 0 spiro atoms. The Morgan fingerprint density at radius 2 is 1.95 bits per heavy atom. The molecule has 4 heteroatoms. The van der Waals surface area contributed by atoms with Gasteiger partial charge in [0.2, 0.25) is 0 Å². The Bertz CT molecular complexity index is 655. The van der Waals surface area contributed by atoms with Crippen LogP contribution in [0.15, 0.2) is 42.5 Å². The molecule has 2 aromatic carbocycles. The van der Waals surface area contributed by atoms with Crippen molar-refractivity contribution in [1.29, 1.82) is 0 Å². The second-order valence-electron chi connectivity index (χ2n) is 5.03. The lowest BCUT2D eigenvalue weighted by Crippen LogP contribution is -2.30. The number of rotatable bonds is 4. The van der Waals surface area contributed by atoms with Crippen molar-refractivity contribution in [3.63, 3.8) is 0 Å². The van der Waals surface area contributed by atoms with Gasteiger partial charge in [0, 0.05) is 10.7 Å². The molecule has 0 radical (unpaired) electrons. The van der Waals surface area contributed by atoms with E-state index in [9.17, 15) is 4.79 Å². The Hall–Kier alpha value is -2.00. The lowest BCUT2D eigenvalue weighted by molar-refractivity contribution is -0.122. The Morgan fingerprint density at radius 3 is 2.62 bits per heavy atom. The molecule has 0 unspecified atom stereocenters. The molecule has 1 amide bonds. The number of hydrogen-bond donors (Lipinski definition) is 1. The van der Waals surface area contributed by atoms with Crippen molar-refractivity contribution in [3.05, 3.63) is 58.6 Å². The molecule has 0 fully saturated rings. The van der Waals surface area contributed by atoms with Crippen molar-refractivity contribution in [1.82, 2.24) is 0 Å². The first kappa shape index (κ1) is 15.4. The largest absolute Gasteiger partial charge is 0.481 e. The smallest absolute Gasteiger partial charge is 0.265 e. The first-order chi connectivity index (χ1) is 9.95. The number of aryl methyl sites for hydroxylation is 2. The first-order valence-electron chi connectivity index (χ1n) is 6.76. The Balaban J connectivity index is 2.02. The summed E-state index contributed by atoms with van der Waals surface area (Å²) >= 11 is 5.90. The number of anilines is 1. The lowest BCUT2D eigenvalue weighted by Gasteiger charge is -2.16. The molecule has 1 N–H and O–H groups in total. The molecule has 0 aromatic heterocycles. The summed E-state index contributed by atoms with van der Waals surface area (Å²) in [6.45, 7) is 5.60. The molecule has 2 rings (SSSR count). The number of halogens is 1. The van der Waals surface area contributed by atoms with Gasteiger partial charge in [-0.2, -0.15) is 0 Å². The van der Waals surface area contributed by atoms with E-state index in [4.69, 9.17) is 16.3 Å². The van der Waals surface area contributed by atoms with Crippen LogP contribution in [-0.2, 0) is 4.79 Å². The summed E-state index contributed by atoms with van der Waals surface area (Å²) in [5.74, 6) is 0.493. The predicted octanol–water partition coefficient (Wildman–Crippen LogP) is 4.36. The van der Waals surface area contributed by atoms with E-state index in [0.29, 0.717) is 10.8 Å². The van der Waals surface area contributed by atoms with Crippen molar-refractivity contribution >= 4 is 23.2 Å². The maximum Gasteiger partial charge on any atom is 0.265 e. The number of amides is 1. The number of carbonyl (C=O) groups excluding carboxylic acids is 1. The molecular formula is C17H18ClNO2. The molecule has 0 aliphatic heterocycles. The standard InChI is InChI=1S/C17H18ClNO2/c1-11-5-4-6-15(9-11)21-13(3)17(20)19-16-8-7-14(18)10-12(16)2/h4-10,13H,1-3H3,(H,19,20)/t13-/m0/s1. The van der Waals surface area contributed by atoms with E-state index in [1.54, 1.807) is 19.1 Å². The number of benzene rings is 2. The van der Waals surface area contributed by atoms with E-state index < -0.39 is 6.10 Å². The Morgan fingerprint density at radius 1 is 1.19 bits per heavy atom. The second kappa shape index (κ2) is 6.64. The van der Waals surface area contributed by atoms with Gasteiger partial charge in [-0.05, 0) is 62.2 Å². The zero-order valence-electron chi connectivity index (χ0n) is 12.3. The van der Waals surface area contributed by atoms with Crippen molar-refractivity contribution in [2.24, 2.45) is 0 Å². The summed E-state index contributed by atoms with van der Waals surface area (Å²) in [7, 11) is 0. The van der Waals surface area contributed by atoms with E-state index in [-0.39, 0.29) is 5.91 Å². The third kappa shape index (κ3) is 4.23. The maximum atomic E-state index is 12.2. The molecule has 0 saturated heterocycles. The van der Waals surface area contributed by atoms with Gasteiger partial charge < -0.3 is 10.1 Å². The molecule has 0 saturated carbocycles. The quantitative estimate of drug-likeness (QED) is 0.911. The highest BCUT2D eigenvalue weighted by atomic mass is 35.5. The van der Waals surface area contributed by atoms with E-state index in [0.717, 1.165) is 16.8 Å². The summed E-state index contributed by atoms with van der Waals surface area (Å²) < 4.78 is 5.65. The average molecular weight is 304 g/mol. The molecule has 21 heavy (non-hydrogen) atoms. The van der Waals surface area contributed by atoms with Crippen LogP contribution in [0.2, 0.25) is 5.02 Å². The SMILES string of the molecule is Cc1cccc(O[C@@H](C)C(=O)Nc2ccc(Cl)cc2C)c1. The van der Waals surface area contributed by atoms with Crippen molar-refractivity contribution in [2.45, 2.75) is 26.9 Å². The third-order valence-electron chi connectivity index (χ3n) is 3.12. The summed E-state index contributed by atoms with van der Waals surface area (Å²) in [4.78, 5) is 12.2. The Labute approximate surface area is 129 Å². The van der Waals surface area contributed by atoms with Gasteiger partial charge in [-0.25, -0.2) is 0 Å². The average Bonchev–Trinajstić information content (AvgIpc) is 2.41. The summed E-state index contributed by atoms with van der Waals surface area (Å²) in [6.07, 6.45) is -0.582. The number of hydrogen-bond acceptors (Lipinski definition) is 2. The van der Waals surface area contributed by atoms with Crippen LogP contribution in [0.5, 0.6) is 5.75 Å². The minimum Gasteiger partial charge on any atom is -0.481 e. The minimum atomic E-state index is -0.582. The van der Waals surface area contributed by atoms with E-state index >= 15 is 0 Å². The summed E-state index contributed by atoms with van der Waals surface area (Å²) in [5, 5.41) is 3.50. The topological polar surface area (TPSA) is 38.3 Å². The van der Waals surface area contributed by atoms with Crippen LogP contribution in [0.3, 0.4) is 0 Å². The van der Waals surface area contributed by atoms with Crippen molar-refractivity contribution < 1.29 is 9.53 Å². The van der Waals surface area contributed by atoms with E-state index in [1.165, 1.54) is 0 Å². The fourth-order valence-electron chi connectivity index (χ4n) is 1.95. The second-order valence-corrected chi connectivity index (χ2v) is 5.46. The summed E-state index contributed by atoms with van der Waals surface area (Å²) in [5.41, 5.74) is 2.75. The van der Waals surface area contributed by atoms with E-state index in [1.807, 2.05) is 44.2 Å². The van der Waals surface area contributed by atoms with Crippen molar-refractivity contribution in [2.75, 3.05) is 5.32 Å². The van der Waals surface area contributed by atoms with Crippen LogP contribution in [-0.4, -0.2) is 12.0 Å². The van der Waals surface area contributed by atoms with Crippen LogP contribution >= 0.6 is 11.6 Å². The molecule has 0 bridgehead atoms. The molecule has 0 aliphatic rings. The highest BCUT2D eigenvalue weighted by molar-refractivity contribution is 6.30. The zero-order valence-corrected chi connectivity index (χ0v) is 13.1. The number of nitrogens with one attached hydrogen (secondary N) is 1. The molecule has 0 heterocycles. The van der Waals surface area contributed by atoms with Gasteiger partial charge >= 0.3 is 0 Å². The fraction of sp³-hybridized carbons (Fsp3) is 0.235. The van der Waals surface area contributed by atoms with Gasteiger partial charge in [0.05, 0.1) is 0 Å². The van der Waals surface area contributed by atoms with Gasteiger partial charge in [0.25, 0.3) is 5.91 Å². The van der Waals surface area contributed by atoms with Crippen LogP contribution in [0.1, 0.15) is 18.1 Å². The third-order valence-corrected chi connectivity index (χ3v) is 3.35. The van der Waals surface area contributed by atoms with Gasteiger partial charge in [-0.3, -0.25) is 4.79 Å². The van der Waals surface area contributed by atoms with Crippen LogP contribution in [0.25, 0.3) is 0 Å².